The summed E-state index contributed by atoms with van der Waals surface area (Å²) in [6.07, 6.45) is 81.9. The molecule has 1 atom stereocenters. The minimum atomic E-state index is -0.805. The van der Waals surface area contributed by atoms with Gasteiger partial charge in [0.1, 0.15) is 13.2 Å². The number of carbonyl (C=O) groups is 3. The SMILES string of the molecule is CC/C=C\C/C=C\C/C=C\C/C=C\C/C=C\C/C=C\C/C=C\C/C=C\CCCCC(=O)OCC(COC(=O)CCCCCCCCCCCCC)OC(=O)CCCCCCC/C=C\C/C=C\CCCCCC. The van der Waals surface area contributed by atoms with Crippen molar-refractivity contribution in [1.29, 1.82) is 0 Å². The molecule has 0 spiro atoms. The second-order valence-electron chi connectivity index (χ2n) is 19.2. The van der Waals surface area contributed by atoms with Gasteiger partial charge in [-0.25, -0.2) is 0 Å². The maximum atomic E-state index is 12.8. The van der Waals surface area contributed by atoms with Gasteiger partial charge in [0.05, 0.1) is 0 Å². The molecule has 0 aromatic rings. The van der Waals surface area contributed by atoms with E-state index in [1.807, 2.05) is 0 Å². The molecule has 0 radical (unpaired) electrons. The van der Waals surface area contributed by atoms with Crippen LogP contribution in [-0.4, -0.2) is 37.2 Å². The lowest BCUT2D eigenvalue weighted by atomic mass is 10.1. The van der Waals surface area contributed by atoms with Crippen molar-refractivity contribution in [2.24, 2.45) is 0 Å². The lowest BCUT2D eigenvalue weighted by Crippen LogP contribution is -2.30. The summed E-state index contributed by atoms with van der Waals surface area (Å²) in [6, 6.07) is 0. The van der Waals surface area contributed by atoms with Crippen LogP contribution in [0, 0.1) is 0 Å². The van der Waals surface area contributed by atoms with Gasteiger partial charge in [-0.1, -0.05) is 245 Å². The third-order valence-corrected chi connectivity index (χ3v) is 12.2. The van der Waals surface area contributed by atoms with E-state index in [0.29, 0.717) is 25.7 Å². The number of rotatable bonds is 52. The number of allylic oxidation sites excluding steroid dienone is 20. The van der Waals surface area contributed by atoms with Crippen LogP contribution in [0.4, 0.5) is 0 Å². The molecule has 0 saturated carbocycles. The molecule has 0 bridgehead atoms. The van der Waals surface area contributed by atoms with E-state index in [-0.39, 0.29) is 31.1 Å². The van der Waals surface area contributed by atoms with E-state index in [0.717, 1.165) is 128 Å². The van der Waals surface area contributed by atoms with Gasteiger partial charge in [0.15, 0.2) is 6.10 Å². The Morgan fingerprint density at radius 1 is 0.292 bits per heavy atom. The highest BCUT2D eigenvalue weighted by molar-refractivity contribution is 5.71. The van der Waals surface area contributed by atoms with Crippen LogP contribution < -0.4 is 0 Å². The van der Waals surface area contributed by atoms with E-state index in [9.17, 15) is 14.4 Å². The van der Waals surface area contributed by atoms with Gasteiger partial charge < -0.3 is 14.2 Å². The Bertz CT molecular complexity index is 1520. The average Bonchev–Trinajstić information content (AvgIpc) is 3.38. The second-order valence-corrected chi connectivity index (χ2v) is 19.2. The van der Waals surface area contributed by atoms with Crippen molar-refractivity contribution in [3.8, 4) is 0 Å². The van der Waals surface area contributed by atoms with Gasteiger partial charge in [-0.2, -0.15) is 0 Å². The van der Waals surface area contributed by atoms with E-state index in [2.05, 4.69) is 142 Å². The van der Waals surface area contributed by atoms with Gasteiger partial charge in [-0.05, 0) is 116 Å². The Morgan fingerprint density at radius 2 is 0.542 bits per heavy atom. The maximum Gasteiger partial charge on any atom is 0.306 e. The summed E-state index contributed by atoms with van der Waals surface area (Å²) >= 11 is 0. The monoisotopic (exact) mass is 997 g/mol. The molecule has 0 saturated heterocycles. The molecule has 0 heterocycles. The van der Waals surface area contributed by atoms with E-state index in [1.54, 1.807) is 0 Å². The summed E-state index contributed by atoms with van der Waals surface area (Å²) in [6.45, 7) is 6.45. The van der Waals surface area contributed by atoms with Crippen LogP contribution in [0.2, 0.25) is 0 Å². The normalized spacial score (nSPS) is 13.0. The van der Waals surface area contributed by atoms with Crippen LogP contribution in [0.15, 0.2) is 122 Å². The van der Waals surface area contributed by atoms with Crippen molar-refractivity contribution in [1.82, 2.24) is 0 Å². The summed E-state index contributed by atoms with van der Waals surface area (Å²) < 4.78 is 16.8. The zero-order valence-electron chi connectivity index (χ0n) is 46.7. The molecule has 0 aliphatic carbocycles. The summed E-state index contributed by atoms with van der Waals surface area (Å²) in [5.41, 5.74) is 0. The zero-order valence-corrected chi connectivity index (χ0v) is 46.7. The molecule has 0 aromatic carbocycles. The number of carbonyl (C=O) groups excluding carboxylic acids is 3. The first-order valence-electron chi connectivity index (χ1n) is 29.5. The smallest absolute Gasteiger partial charge is 0.306 e. The minimum Gasteiger partial charge on any atom is -0.462 e. The molecule has 0 aromatic heterocycles. The summed E-state index contributed by atoms with van der Waals surface area (Å²) in [5, 5.41) is 0. The highest BCUT2D eigenvalue weighted by atomic mass is 16.6. The predicted octanol–water partition coefficient (Wildman–Crippen LogP) is 20.0. The molecular weight excluding hydrogens is 889 g/mol. The van der Waals surface area contributed by atoms with Gasteiger partial charge in [0.25, 0.3) is 0 Å². The fourth-order valence-electron chi connectivity index (χ4n) is 7.78. The molecule has 0 fully saturated rings. The molecule has 0 aliphatic heterocycles. The molecule has 408 valence electrons. The molecule has 6 nitrogen and oxygen atoms in total. The summed E-state index contributed by atoms with van der Waals surface area (Å²) in [4.78, 5) is 38.1. The Morgan fingerprint density at radius 3 is 0.889 bits per heavy atom. The standard InChI is InChI=1S/C66H108O6/c1-4-7-10-13-16-19-22-24-26-28-29-30-31-32-33-34-35-36-37-38-40-41-44-47-50-53-56-59-65(68)71-62-63(61-70-64(67)58-55-52-49-46-43-21-18-15-12-9-6-3)72-66(69)60-57-54-51-48-45-42-39-27-25-23-20-17-14-11-8-5-2/h7,10,16,19-20,23-24,26-27,29-30,32-33,35-36,38-40,44,47,63H,4-6,8-9,11-15,17-18,21-22,25,28,31,34,37,41-43,45-46,48-62H2,1-3H3/b10-7-,19-16-,23-20-,26-24-,30-29-,33-32-,36-35-,39-27-,40-38-,47-44-. The molecule has 0 aliphatic rings. The number of hydrogen-bond donors (Lipinski definition) is 0. The largest absolute Gasteiger partial charge is 0.462 e. The fourth-order valence-corrected chi connectivity index (χ4v) is 7.78. The molecule has 1 unspecified atom stereocenters. The van der Waals surface area contributed by atoms with Crippen molar-refractivity contribution in [2.75, 3.05) is 13.2 Å². The Balaban J connectivity index is 4.42. The quantitative estimate of drug-likeness (QED) is 0.0261. The molecular formula is C66H108O6. The van der Waals surface area contributed by atoms with E-state index in [1.165, 1.54) is 83.5 Å². The van der Waals surface area contributed by atoms with Crippen molar-refractivity contribution >= 4 is 17.9 Å². The van der Waals surface area contributed by atoms with Crippen LogP contribution in [0.25, 0.3) is 0 Å². The van der Waals surface area contributed by atoms with Crippen LogP contribution in [-0.2, 0) is 28.6 Å². The number of ether oxygens (including phenoxy) is 3. The van der Waals surface area contributed by atoms with E-state index in [4.69, 9.17) is 14.2 Å². The zero-order chi connectivity index (χ0) is 52.2. The average molecular weight is 998 g/mol. The summed E-state index contributed by atoms with van der Waals surface area (Å²) in [7, 11) is 0. The number of esters is 3. The van der Waals surface area contributed by atoms with Crippen LogP contribution in [0.5, 0.6) is 0 Å². The van der Waals surface area contributed by atoms with Crippen molar-refractivity contribution in [3.63, 3.8) is 0 Å². The van der Waals surface area contributed by atoms with Crippen molar-refractivity contribution in [3.05, 3.63) is 122 Å². The highest BCUT2D eigenvalue weighted by Crippen LogP contribution is 2.14. The predicted molar refractivity (Wildman–Crippen MR) is 311 cm³/mol. The van der Waals surface area contributed by atoms with E-state index < -0.39 is 6.10 Å². The first kappa shape index (κ1) is 67.8. The Hall–Kier alpha value is -4.19. The molecule has 72 heavy (non-hydrogen) atoms. The van der Waals surface area contributed by atoms with Crippen molar-refractivity contribution < 1.29 is 28.6 Å². The van der Waals surface area contributed by atoms with E-state index >= 15 is 0 Å². The highest BCUT2D eigenvalue weighted by Gasteiger charge is 2.19. The fraction of sp³-hybridized carbons (Fsp3) is 0.652. The lowest BCUT2D eigenvalue weighted by Gasteiger charge is -2.18. The molecule has 0 N–H and O–H groups in total. The number of unbranched alkanes of at least 4 members (excludes halogenated alkanes) is 21. The van der Waals surface area contributed by atoms with Gasteiger partial charge in [-0.15, -0.1) is 0 Å². The third kappa shape index (κ3) is 56.7. The van der Waals surface area contributed by atoms with Gasteiger partial charge in [-0.3, -0.25) is 14.4 Å². The Labute approximate surface area is 443 Å². The third-order valence-electron chi connectivity index (χ3n) is 12.2. The van der Waals surface area contributed by atoms with Gasteiger partial charge in [0, 0.05) is 19.3 Å². The first-order chi connectivity index (χ1) is 35.5. The first-order valence-corrected chi connectivity index (χ1v) is 29.5. The van der Waals surface area contributed by atoms with Crippen LogP contribution in [0.1, 0.15) is 258 Å². The van der Waals surface area contributed by atoms with Gasteiger partial charge >= 0.3 is 17.9 Å². The maximum absolute atomic E-state index is 12.8. The molecule has 0 rings (SSSR count). The summed E-state index contributed by atoms with van der Waals surface area (Å²) in [5.74, 6) is -0.959. The van der Waals surface area contributed by atoms with Crippen LogP contribution >= 0.6 is 0 Å². The minimum absolute atomic E-state index is 0.0984. The topological polar surface area (TPSA) is 78.9 Å². The molecule has 6 heteroatoms. The van der Waals surface area contributed by atoms with Gasteiger partial charge in [0.2, 0.25) is 0 Å². The second kappa shape index (κ2) is 59.4. The number of hydrogen-bond acceptors (Lipinski definition) is 6. The van der Waals surface area contributed by atoms with Crippen molar-refractivity contribution in [2.45, 2.75) is 264 Å². The molecule has 0 amide bonds. The Kier molecular flexibility index (Phi) is 55.9. The van der Waals surface area contributed by atoms with Crippen LogP contribution in [0.3, 0.4) is 0 Å². The lowest BCUT2D eigenvalue weighted by molar-refractivity contribution is -0.167.